The average Bonchev–Trinajstić information content (AvgIpc) is 3.51. The van der Waals surface area contributed by atoms with Crippen molar-refractivity contribution in [3.63, 3.8) is 0 Å². The van der Waals surface area contributed by atoms with E-state index >= 15 is 0 Å². The maximum atomic E-state index is 13.5. The average molecular weight is 470 g/mol. The summed E-state index contributed by atoms with van der Waals surface area (Å²) >= 11 is 7.49. The molecule has 0 spiro atoms. The summed E-state index contributed by atoms with van der Waals surface area (Å²) in [6.45, 7) is 2.81. The fourth-order valence-electron chi connectivity index (χ4n) is 4.17. The first-order chi connectivity index (χ1) is 15.6. The number of aromatic nitrogens is 3. The second-order valence-corrected chi connectivity index (χ2v) is 9.84. The molecule has 0 saturated heterocycles. The Labute approximate surface area is 195 Å². The number of carbonyl (C=O) groups is 1. The monoisotopic (exact) mass is 469 g/mol. The quantitative estimate of drug-likeness (QED) is 0.485. The normalized spacial score (nSPS) is 19.4. The van der Waals surface area contributed by atoms with E-state index in [2.05, 4.69) is 14.8 Å². The molecule has 2 aromatic heterocycles. The molecular formula is C23H24ClN5O2S. The number of furan rings is 1. The summed E-state index contributed by atoms with van der Waals surface area (Å²) in [5.74, 6) is 1.66. The van der Waals surface area contributed by atoms with Gasteiger partial charge in [0.1, 0.15) is 17.6 Å². The van der Waals surface area contributed by atoms with Gasteiger partial charge in [-0.3, -0.25) is 4.79 Å². The van der Waals surface area contributed by atoms with Crippen LogP contribution in [0.25, 0.3) is 0 Å². The third kappa shape index (κ3) is 4.21. The lowest BCUT2D eigenvalue weighted by atomic mass is 10.0. The minimum absolute atomic E-state index is 0.0775. The van der Waals surface area contributed by atoms with Crippen molar-refractivity contribution in [1.29, 1.82) is 0 Å². The fraction of sp³-hybridized carbons (Fsp3) is 0.391. The maximum absolute atomic E-state index is 13.5. The molecule has 9 heteroatoms. The minimum atomic E-state index is -0.364. The van der Waals surface area contributed by atoms with Gasteiger partial charge in [0.15, 0.2) is 5.16 Å². The van der Waals surface area contributed by atoms with Crippen LogP contribution in [0.1, 0.15) is 55.8 Å². The molecule has 32 heavy (non-hydrogen) atoms. The van der Waals surface area contributed by atoms with Crippen LogP contribution in [0.15, 0.2) is 57.3 Å². The third-order valence-corrected chi connectivity index (χ3v) is 7.21. The lowest BCUT2D eigenvalue weighted by Crippen LogP contribution is -2.33. The van der Waals surface area contributed by atoms with Gasteiger partial charge in [-0.2, -0.15) is 5.10 Å². The summed E-state index contributed by atoms with van der Waals surface area (Å²) in [4.78, 5) is 13.5. The van der Waals surface area contributed by atoms with Crippen molar-refractivity contribution in [2.45, 2.75) is 62.0 Å². The van der Waals surface area contributed by atoms with Gasteiger partial charge in [-0.25, -0.2) is 5.01 Å². The molecule has 0 aliphatic carbocycles. The Kier molecular flexibility index (Phi) is 6.06. The van der Waals surface area contributed by atoms with Crippen LogP contribution in [-0.2, 0) is 17.8 Å². The highest BCUT2D eigenvalue weighted by molar-refractivity contribution is 8.00. The molecule has 0 saturated carbocycles. The van der Waals surface area contributed by atoms with Crippen molar-refractivity contribution in [3.8, 4) is 0 Å². The van der Waals surface area contributed by atoms with Crippen LogP contribution < -0.4 is 0 Å². The Bertz CT molecular complexity index is 1130. The van der Waals surface area contributed by atoms with Crippen LogP contribution in [0, 0.1) is 0 Å². The van der Waals surface area contributed by atoms with Crippen LogP contribution >= 0.6 is 23.4 Å². The Balaban J connectivity index is 1.39. The summed E-state index contributed by atoms with van der Waals surface area (Å²) in [7, 11) is 0. The molecule has 3 aromatic rings. The number of halogens is 1. The smallest absolute Gasteiger partial charge is 0.256 e. The van der Waals surface area contributed by atoms with Gasteiger partial charge in [-0.1, -0.05) is 41.9 Å². The summed E-state index contributed by atoms with van der Waals surface area (Å²) in [5.41, 5.74) is 1.79. The number of fused-ring (bicyclic) bond motifs is 1. The first-order valence-corrected chi connectivity index (χ1v) is 12.1. The molecule has 0 N–H and O–H groups in total. The highest BCUT2D eigenvalue weighted by Gasteiger charge is 2.37. The van der Waals surface area contributed by atoms with E-state index in [9.17, 15) is 4.79 Å². The number of carbonyl (C=O) groups excluding carboxylic acids is 1. The van der Waals surface area contributed by atoms with E-state index in [0.29, 0.717) is 11.4 Å². The molecule has 1 aromatic carbocycles. The molecule has 0 fully saturated rings. The number of amides is 1. The van der Waals surface area contributed by atoms with Gasteiger partial charge in [-0.05, 0) is 49.6 Å². The summed E-state index contributed by atoms with van der Waals surface area (Å²) in [5, 5.41) is 16.1. The van der Waals surface area contributed by atoms with E-state index in [1.54, 1.807) is 11.3 Å². The van der Waals surface area contributed by atoms with Gasteiger partial charge >= 0.3 is 0 Å². The number of rotatable bonds is 5. The molecule has 5 rings (SSSR count). The van der Waals surface area contributed by atoms with Gasteiger partial charge in [0.2, 0.25) is 0 Å². The van der Waals surface area contributed by atoms with Crippen molar-refractivity contribution < 1.29 is 9.21 Å². The number of hydrazone groups is 1. The van der Waals surface area contributed by atoms with E-state index in [1.807, 2.05) is 43.3 Å². The number of hydrogen-bond donors (Lipinski definition) is 0. The molecule has 4 heterocycles. The van der Waals surface area contributed by atoms with Crippen LogP contribution in [0.5, 0.6) is 0 Å². The van der Waals surface area contributed by atoms with Crippen molar-refractivity contribution in [2.75, 3.05) is 0 Å². The summed E-state index contributed by atoms with van der Waals surface area (Å²) in [6, 6.07) is 11.0. The molecular weight excluding hydrogens is 446 g/mol. The molecule has 0 bridgehead atoms. The number of aryl methyl sites for hydroxylation is 1. The van der Waals surface area contributed by atoms with Gasteiger partial charge in [0.25, 0.3) is 5.91 Å². The molecule has 2 aliphatic rings. The number of benzene rings is 1. The van der Waals surface area contributed by atoms with Crippen LogP contribution in [-0.4, -0.2) is 36.6 Å². The van der Waals surface area contributed by atoms with E-state index in [-0.39, 0.29) is 17.2 Å². The lowest BCUT2D eigenvalue weighted by molar-refractivity contribution is -0.132. The molecule has 7 nitrogen and oxygen atoms in total. The van der Waals surface area contributed by atoms with E-state index in [1.165, 1.54) is 18.2 Å². The Morgan fingerprint density at radius 3 is 2.81 bits per heavy atom. The van der Waals surface area contributed by atoms with Gasteiger partial charge in [0, 0.05) is 24.4 Å². The lowest BCUT2D eigenvalue weighted by Gasteiger charge is -2.22. The maximum Gasteiger partial charge on any atom is 0.256 e. The highest BCUT2D eigenvalue weighted by atomic mass is 35.5. The van der Waals surface area contributed by atoms with Crippen molar-refractivity contribution in [3.05, 3.63) is 64.8 Å². The SMILES string of the molecule is C[C@@H](Sc1nnc2n1CCCCC2)C(=O)N1N=C(c2ccc(Cl)cc2)C[C@@H]1c1ccco1. The topological polar surface area (TPSA) is 76.5 Å². The highest BCUT2D eigenvalue weighted by Crippen LogP contribution is 2.36. The summed E-state index contributed by atoms with van der Waals surface area (Å²) in [6.07, 6.45) is 6.60. The largest absolute Gasteiger partial charge is 0.467 e. The number of hydrogen-bond acceptors (Lipinski definition) is 6. The Morgan fingerprint density at radius 1 is 1.19 bits per heavy atom. The van der Waals surface area contributed by atoms with Gasteiger partial charge in [-0.15, -0.1) is 10.2 Å². The van der Waals surface area contributed by atoms with Crippen LogP contribution in [0.2, 0.25) is 5.02 Å². The predicted octanol–water partition coefficient (Wildman–Crippen LogP) is 5.11. The molecule has 0 unspecified atom stereocenters. The third-order valence-electron chi connectivity index (χ3n) is 5.89. The molecule has 1 amide bonds. The summed E-state index contributed by atoms with van der Waals surface area (Å²) < 4.78 is 7.82. The number of thioether (sulfide) groups is 1. The number of nitrogens with zero attached hydrogens (tertiary/aromatic N) is 5. The van der Waals surface area contributed by atoms with Crippen molar-refractivity contribution >= 4 is 35.0 Å². The van der Waals surface area contributed by atoms with Gasteiger partial charge < -0.3 is 8.98 Å². The molecule has 166 valence electrons. The minimum Gasteiger partial charge on any atom is -0.467 e. The molecule has 0 radical (unpaired) electrons. The zero-order valence-electron chi connectivity index (χ0n) is 17.8. The second-order valence-electron chi connectivity index (χ2n) is 8.09. The Morgan fingerprint density at radius 2 is 2.03 bits per heavy atom. The van der Waals surface area contributed by atoms with E-state index < -0.39 is 0 Å². The first kappa shape index (κ1) is 21.3. The molecule has 2 aliphatic heterocycles. The van der Waals surface area contributed by atoms with Crippen molar-refractivity contribution in [2.24, 2.45) is 5.10 Å². The standard InChI is InChI=1S/C23H24ClN5O2S/c1-15(32-23-26-25-21-7-3-2-4-12-28(21)23)22(30)29-19(20-6-5-13-31-20)14-18(27-29)16-8-10-17(24)11-9-16/h5-6,8-11,13,15,19H,2-4,7,12,14H2,1H3/t15-,19-/m1/s1. The second kappa shape index (κ2) is 9.11. The van der Waals surface area contributed by atoms with Crippen LogP contribution in [0.4, 0.5) is 0 Å². The van der Waals surface area contributed by atoms with Gasteiger partial charge in [0.05, 0.1) is 17.2 Å². The van der Waals surface area contributed by atoms with E-state index in [4.69, 9.17) is 21.1 Å². The first-order valence-electron chi connectivity index (χ1n) is 10.9. The van der Waals surface area contributed by atoms with Crippen LogP contribution in [0.3, 0.4) is 0 Å². The predicted molar refractivity (Wildman–Crippen MR) is 124 cm³/mol. The van der Waals surface area contributed by atoms with E-state index in [0.717, 1.165) is 53.8 Å². The fourth-order valence-corrected chi connectivity index (χ4v) is 5.24. The van der Waals surface area contributed by atoms with Crippen molar-refractivity contribution in [1.82, 2.24) is 19.8 Å². The Hall–Kier alpha value is -2.58. The zero-order valence-corrected chi connectivity index (χ0v) is 19.3. The molecule has 2 atom stereocenters. The zero-order chi connectivity index (χ0) is 22.1.